The number of benzene rings is 3. The van der Waals surface area contributed by atoms with Crippen LogP contribution in [0.25, 0.3) is 0 Å². The van der Waals surface area contributed by atoms with Crippen LogP contribution in [0.2, 0.25) is 0 Å². The maximum atomic E-state index is 12.5. The summed E-state index contributed by atoms with van der Waals surface area (Å²) in [5.74, 6) is 1.30. The predicted molar refractivity (Wildman–Crippen MR) is 132 cm³/mol. The van der Waals surface area contributed by atoms with E-state index in [4.69, 9.17) is 15.2 Å². The van der Waals surface area contributed by atoms with Gasteiger partial charge in [0, 0.05) is 23.7 Å². The fourth-order valence-corrected chi connectivity index (χ4v) is 3.29. The van der Waals surface area contributed by atoms with Crippen molar-refractivity contribution in [1.82, 2.24) is 5.32 Å². The molecular weight excluding hydrogens is 416 g/mol. The molecule has 0 aliphatic heterocycles. The fraction of sp³-hybridized carbons (Fsp3) is 0.231. The molecule has 7 heteroatoms. The van der Waals surface area contributed by atoms with E-state index in [1.54, 1.807) is 0 Å². The highest BCUT2D eigenvalue weighted by molar-refractivity contribution is 6.02. The Morgan fingerprint density at radius 3 is 1.82 bits per heavy atom. The molecule has 0 saturated heterocycles. The number of hydrogen-bond acceptors (Lipinski definition) is 4. The van der Waals surface area contributed by atoms with Gasteiger partial charge in [0.2, 0.25) is 0 Å². The van der Waals surface area contributed by atoms with Crippen LogP contribution in [0.4, 0.5) is 10.5 Å². The second kappa shape index (κ2) is 11.6. The number of carbonyl (C=O) groups excluding carboxylic acids is 1. The van der Waals surface area contributed by atoms with Gasteiger partial charge in [-0.25, -0.2) is 4.79 Å². The summed E-state index contributed by atoms with van der Waals surface area (Å²) in [5, 5.41) is 5.41. The van der Waals surface area contributed by atoms with Crippen LogP contribution in [-0.2, 0) is 13.2 Å². The van der Waals surface area contributed by atoms with Crippen LogP contribution in [0.3, 0.4) is 0 Å². The Kier molecular flexibility index (Phi) is 8.30. The number of nitrogens with zero attached hydrogens (tertiary/aromatic N) is 1. The number of guanidine groups is 1. The van der Waals surface area contributed by atoms with Crippen molar-refractivity contribution in [3.63, 3.8) is 0 Å². The van der Waals surface area contributed by atoms with E-state index in [-0.39, 0.29) is 5.96 Å². The highest BCUT2D eigenvalue weighted by Gasteiger charge is 2.17. The average Bonchev–Trinajstić information content (AvgIpc) is 2.82. The Morgan fingerprint density at radius 1 is 0.879 bits per heavy atom. The van der Waals surface area contributed by atoms with Crippen molar-refractivity contribution in [2.24, 2.45) is 10.7 Å². The minimum atomic E-state index is -0.481. The second-order valence-corrected chi connectivity index (χ2v) is 7.49. The molecule has 0 heterocycles. The molecule has 33 heavy (non-hydrogen) atoms. The van der Waals surface area contributed by atoms with Crippen LogP contribution in [0, 0.1) is 13.8 Å². The summed E-state index contributed by atoms with van der Waals surface area (Å²) in [5.41, 5.74) is 9.99. The molecule has 0 aliphatic rings. The van der Waals surface area contributed by atoms with Gasteiger partial charge in [-0.3, -0.25) is 10.3 Å². The van der Waals surface area contributed by atoms with Crippen LogP contribution in [0.5, 0.6) is 11.5 Å². The van der Waals surface area contributed by atoms with Crippen molar-refractivity contribution < 1.29 is 14.3 Å². The van der Waals surface area contributed by atoms with Gasteiger partial charge < -0.3 is 20.5 Å². The summed E-state index contributed by atoms with van der Waals surface area (Å²) in [6.45, 7) is 6.89. The normalized spacial score (nSPS) is 11.1. The number of anilines is 1. The molecule has 0 spiro atoms. The fourth-order valence-electron chi connectivity index (χ4n) is 3.29. The molecule has 0 saturated carbocycles. The van der Waals surface area contributed by atoms with Gasteiger partial charge in [-0.15, -0.1) is 0 Å². The Hall–Kier alpha value is -4.00. The van der Waals surface area contributed by atoms with E-state index in [0.29, 0.717) is 36.9 Å². The summed E-state index contributed by atoms with van der Waals surface area (Å²) >= 11 is 0. The quantitative estimate of drug-likeness (QED) is 0.338. The number of nitrogens with two attached hydrogens (primary N) is 1. The minimum Gasteiger partial charge on any atom is -0.488 e. The van der Waals surface area contributed by atoms with Gasteiger partial charge in [0.05, 0.1) is 5.69 Å². The molecule has 3 rings (SSSR count). The van der Waals surface area contributed by atoms with E-state index in [9.17, 15) is 4.79 Å². The van der Waals surface area contributed by atoms with Crippen molar-refractivity contribution >= 4 is 17.7 Å². The van der Waals surface area contributed by atoms with E-state index in [1.165, 1.54) is 0 Å². The SMILES string of the molecule is CCN=C(N)NC(=O)Nc1c(C)c(OCc2ccccc2)cc(OCc2ccccc2)c1C. The standard InChI is InChI=1S/C26H30N4O3/c1-4-28-25(27)30-26(31)29-24-18(2)22(32-16-20-11-7-5-8-12-20)15-23(19(24)3)33-17-21-13-9-6-10-14-21/h5-15H,4,16-17H2,1-3H3,(H4,27,28,29,30,31). The second-order valence-electron chi connectivity index (χ2n) is 7.49. The van der Waals surface area contributed by atoms with Crippen LogP contribution < -0.4 is 25.8 Å². The Labute approximate surface area is 194 Å². The van der Waals surface area contributed by atoms with Crippen LogP contribution in [-0.4, -0.2) is 18.5 Å². The molecule has 0 bridgehead atoms. The molecule has 0 aliphatic carbocycles. The van der Waals surface area contributed by atoms with Gasteiger partial charge in [-0.05, 0) is 31.9 Å². The number of hydrogen-bond donors (Lipinski definition) is 3. The summed E-state index contributed by atoms with van der Waals surface area (Å²) < 4.78 is 12.2. The van der Waals surface area contributed by atoms with Crippen LogP contribution >= 0.6 is 0 Å². The Morgan fingerprint density at radius 2 is 1.36 bits per heavy atom. The highest BCUT2D eigenvalue weighted by atomic mass is 16.5. The number of carbonyl (C=O) groups is 1. The first-order valence-electron chi connectivity index (χ1n) is 10.8. The van der Waals surface area contributed by atoms with Crippen molar-refractivity contribution in [1.29, 1.82) is 0 Å². The number of ether oxygens (including phenoxy) is 2. The molecule has 0 radical (unpaired) electrons. The number of aliphatic imine (C=N–C) groups is 1. The minimum absolute atomic E-state index is 0.0577. The zero-order valence-electron chi connectivity index (χ0n) is 19.2. The summed E-state index contributed by atoms with van der Waals surface area (Å²) in [4.78, 5) is 16.5. The Bertz CT molecular complexity index is 1030. The first kappa shape index (κ1) is 23.7. The summed E-state index contributed by atoms with van der Waals surface area (Å²) in [6, 6.07) is 21.2. The van der Waals surface area contributed by atoms with Gasteiger partial charge in [-0.1, -0.05) is 60.7 Å². The lowest BCUT2D eigenvalue weighted by Crippen LogP contribution is -2.40. The van der Waals surface area contributed by atoms with Gasteiger partial charge in [0.1, 0.15) is 24.7 Å². The lowest BCUT2D eigenvalue weighted by atomic mass is 10.1. The lowest BCUT2D eigenvalue weighted by Gasteiger charge is -2.20. The maximum absolute atomic E-state index is 12.5. The van der Waals surface area contributed by atoms with E-state index < -0.39 is 6.03 Å². The third-order valence-corrected chi connectivity index (χ3v) is 5.03. The van der Waals surface area contributed by atoms with Crippen molar-refractivity contribution in [3.05, 3.63) is 89.0 Å². The third-order valence-electron chi connectivity index (χ3n) is 5.03. The number of amides is 2. The molecule has 0 atom stereocenters. The smallest absolute Gasteiger partial charge is 0.326 e. The largest absolute Gasteiger partial charge is 0.488 e. The molecule has 3 aromatic rings. The average molecular weight is 447 g/mol. The molecule has 0 aromatic heterocycles. The van der Waals surface area contributed by atoms with Gasteiger partial charge >= 0.3 is 6.03 Å². The number of nitrogens with one attached hydrogen (secondary N) is 2. The number of urea groups is 1. The Balaban J connectivity index is 1.87. The zero-order valence-corrected chi connectivity index (χ0v) is 19.2. The molecule has 172 valence electrons. The van der Waals surface area contributed by atoms with Crippen LogP contribution in [0.15, 0.2) is 71.7 Å². The molecule has 7 nitrogen and oxygen atoms in total. The lowest BCUT2D eigenvalue weighted by molar-refractivity contribution is 0.256. The molecule has 3 aromatic carbocycles. The molecule has 0 fully saturated rings. The first-order valence-corrected chi connectivity index (χ1v) is 10.8. The third kappa shape index (κ3) is 6.74. The van der Waals surface area contributed by atoms with Crippen molar-refractivity contribution in [2.75, 3.05) is 11.9 Å². The predicted octanol–water partition coefficient (Wildman–Crippen LogP) is 4.92. The van der Waals surface area contributed by atoms with Crippen LogP contribution in [0.1, 0.15) is 29.2 Å². The summed E-state index contributed by atoms with van der Waals surface area (Å²) in [7, 11) is 0. The van der Waals surface area contributed by atoms with E-state index >= 15 is 0 Å². The maximum Gasteiger partial charge on any atom is 0.326 e. The number of rotatable bonds is 8. The van der Waals surface area contributed by atoms with Gasteiger partial charge in [-0.2, -0.15) is 0 Å². The van der Waals surface area contributed by atoms with E-state index in [1.807, 2.05) is 87.5 Å². The zero-order chi connectivity index (χ0) is 23.6. The van der Waals surface area contributed by atoms with Gasteiger partial charge in [0.25, 0.3) is 0 Å². The summed E-state index contributed by atoms with van der Waals surface area (Å²) in [6.07, 6.45) is 0. The van der Waals surface area contributed by atoms with E-state index in [2.05, 4.69) is 15.6 Å². The first-order chi connectivity index (χ1) is 16.0. The molecule has 0 unspecified atom stereocenters. The monoisotopic (exact) mass is 446 g/mol. The molecule has 4 N–H and O–H groups in total. The van der Waals surface area contributed by atoms with E-state index in [0.717, 1.165) is 22.3 Å². The van der Waals surface area contributed by atoms with Crippen molar-refractivity contribution in [2.45, 2.75) is 34.0 Å². The van der Waals surface area contributed by atoms with Crippen molar-refractivity contribution in [3.8, 4) is 11.5 Å². The molecular formula is C26H30N4O3. The van der Waals surface area contributed by atoms with Gasteiger partial charge in [0.15, 0.2) is 5.96 Å². The highest BCUT2D eigenvalue weighted by Crippen LogP contribution is 2.37. The topological polar surface area (TPSA) is 98.0 Å². The molecule has 2 amide bonds.